The van der Waals surface area contributed by atoms with Gasteiger partial charge in [0.25, 0.3) is 5.91 Å². The number of pyridine rings is 1. The number of esters is 1. The second kappa shape index (κ2) is 8.88. The molecule has 0 saturated heterocycles. The number of rotatable bonds is 6. The van der Waals surface area contributed by atoms with E-state index in [0.29, 0.717) is 22.8 Å². The van der Waals surface area contributed by atoms with Crippen LogP contribution in [-0.4, -0.2) is 31.1 Å². The summed E-state index contributed by atoms with van der Waals surface area (Å²) in [6.07, 6.45) is 1.46. The zero-order valence-electron chi connectivity index (χ0n) is 16.4. The van der Waals surface area contributed by atoms with Crippen LogP contribution in [0.3, 0.4) is 0 Å². The molecule has 7 nitrogen and oxygen atoms in total. The fraction of sp³-hybridized carbons (Fsp3) is 0.136. The summed E-state index contributed by atoms with van der Waals surface area (Å²) in [6, 6.07) is 15.8. The first kappa shape index (κ1) is 19.9. The average Bonchev–Trinajstić information content (AvgIpc) is 2.74. The number of anilines is 3. The third kappa shape index (κ3) is 4.70. The Balaban J connectivity index is 1.75. The molecule has 0 radical (unpaired) electrons. The van der Waals surface area contributed by atoms with Gasteiger partial charge in [0.1, 0.15) is 11.6 Å². The van der Waals surface area contributed by atoms with Gasteiger partial charge in [-0.1, -0.05) is 18.2 Å². The fourth-order valence-electron chi connectivity index (χ4n) is 2.73. The molecule has 0 fully saturated rings. The minimum atomic E-state index is -0.523. The molecule has 0 saturated carbocycles. The summed E-state index contributed by atoms with van der Waals surface area (Å²) < 4.78 is 10.1. The molecule has 7 heteroatoms. The number of carbonyl (C=O) groups is 2. The van der Waals surface area contributed by atoms with Crippen LogP contribution < -0.4 is 15.4 Å². The Bertz CT molecular complexity index is 1030. The highest BCUT2D eigenvalue weighted by molar-refractivity contribution is 6.07. The number of nitrogens with one attached hydrogen (secondary N) is 2. The summed E-state index contributed by atoms with van der Waals surface area (Å²) in [4.78, 5) is 28.7. The lowest BCUT2D eigenvalue weighted by Gasteiger charge is -2.12. The molecule has 0 aliphatic carbocycles. The van der Waals surface area contributed by atoms with Crippen molar-refractivity contribution in [2.24, 2.45) is 0 Å². The standard InChI is InChI=1S/C22H21N3O4/c1-14-8-10-19(28-2)18(12-14)24-20-11-9-15(13-23-20)21(26)25-17-7-5-4-6-16(17)22(27)29-3/h4-13H,1-3H3,(H,23,24)(H,25,26). The molecule has 0 bridgehead atoms. The maximum atomic E-state index is 12.5. The zero-order chi connectivity index (χ0) is 20.8. The van der Waals surface area contributed by atoms with Gasteiger partial charge in [0, 0.05) is 6.20 Å². The first-order valence-corrected chi connectivity index (χ1v) is 8.88. The minimum absolute atomic E-state index is 0.279. The number of hydrogen-bond donors (Lipinski definition) is 2. The third-order valence-corrected chi connectivity index (χ3v) is 4.22. The van der Waals surface area contributed by atoms with Gasteiger partial charge < -0.3 is 20.1 Å². The van der Waals surface area contributed by atoms with Gasteiger partial charge in [-0.15, -0.1) is 0 Å². The van der Waals surface area contributed by atoms with Crippen molar-refractivity contribution in [1.82, 2.24) is 4.98 Å². The molecule has 0 spiro atoms. The van der Waals surface area contributed by atoms with Crippen LogP contribution in [0.2, 0.25) is 0 Å². The van der Waals surface area contributed by atoms with Crippen LogP contribution in [0, 0.1) is 6.92 Å². The second-order valence-electron chi connectivity index (χ2n) is 6.25. The summed E-state index contributed by atoms with van der Waals surface area (Å²) in [5.74, 6) is 0.360. The molecule has 0 aliphatic heterocycles. The van der Waals surface area contributed by atoms with Crippen LogP contribution in [0.5, 0.6) is 5.75 Å². The van der Waals surface area contributed by atoms with Gasteiger partial charge in [-0.25, -0.2) is 9.78 Å². The largest absolute Gasteiger partial charge is 0.495 e. The molecule has 2 N–H and O–H groups in total. The van der Waals surface area contributed by atoms with E-state index in [0.717, 1.165) is 11.3 Å². The van der Waals surface area contributed by atoms with E-state index in [1.54, 1.807) is 43.5 Å². The van der Waals surface area contributed by atoms with Crippen LogP contribution in [0.1, 0.15) is 26.3 Å². The quantitative estimate of drug-likeness (QED) is 0.613. The van der Waals surface area contributed by atoms with Crippen molar-refractivity contribution < 1.29 is 19.1 Å². The van der Waals surface area contributed by atoms with Gasteiger partial charge in [0.2, 0.25) is 0 Å². The smallest absolute Gasteiger partial charge is 0.339 e. The van der Waals surface area contributed by atoms with Crippen molar-refractivity contribution in [2.75, 3.05) is 24.9 Å². The molecule has 1 amide bonds. The molecule has 148 valence electrons. The predicted octanol–water partition coefficient (Wildman–Crippen LogP) is 4.18. The lowest BCUT2D eigenvalue weighted by Crippen LogP contribution is -2.15. The van der Waals surface area contributed by atoms with Gasteiger partial charge in [-0.2, -0.15) is 0 Å². The molecule has 3 aromatic rings. The maximum absolute atomic E-state index is 12.5. The summed E-state index contributed by atoms with van der Waals surface area (Å²) >= 11 is 0. The van der Waals surface area contributed by atoms with E-state index in [2.05, 4.69) is 15.6 Å². The minimum Gasteiger partial charge on any atom is -0.495 e. The van der Waals surface area contributed by atoms with Crippen LogP contribution >= 0.6 is 0 Å². The Morgan fingerprint density at radius 2 is 1.76 bits per heavy atom. The molecule has 2 aromatic carbocycles. The van der Waals surface area contributed by atoms with Gasteiger partial charge in [0.05, 0.1) is 36.7 Å². The van der Waals surface area contributed by atoms with Crippen LogP contribution in [-0.2, 0) is 4.74 Å². The molecule has 3 rings (SSSR count). The Kier molecular flexibility index (Phi) is 6.09. The Labute approximate surface area is 168 Å². The molecule has 1 heterocycles. The number of aryl methyl sites for hydroxylation is 1. The summed E-state index contributed by atoms with van der Waals surface area (Å²) in [6.45, 7) is 1.98. The number of nitrogens with zero attached hydrogens (tertiary/aromatic N) is 1. The van der Waals surface area contributed by atoms with Crippen LogP contribution in [0.25, 0.3) is 0 Å². The maximum Gasteiger partial charge on any atom is 0.339 e. The summed E-state index contributed by atoms with van der Waals surface area (Å²) in [7, 11) is 2.89. The lowest BCUT2D eigenvalue weighted by molar-refractivity contribution is 0.0602. The van der Waals surface area contributed by atoms with Gasteiger partial charge in [-0.05, 0) is 48.9 Å². The van der Waals surface area contributed by atoms with Crippen molar-refractivity contribution in [1.29, 1.82) is 0 Å². The fourth-order valence-corrected chi connectivity index (χ4v) is 2.73. The third-order valence-electron chi connectivity index (χ3n) is 4.22. The van der Waals surface area contributed by atoms with E-state index < -0.39 is 5.97 Å². The Hall–Kier alpha value is -3.87. The highest BCUT2D eigenvalue weighted by atomic mass is 16.5. The molecule has 0 aliphatic rings. The van der Waals surface area contributed by atoms with E-state index in [1.807, 2.05) is 25.1 Å². The van der Waals surface area contributed by atoms with E-state index in [1.165, 1.54) is 13.3 Å². The molecule has 29 heavy (non-hydrogen) atoms. The van der Waals surface area contributed by atoms with Crippen molar-refractivity contribution in [2.45, 2.75) is 6.92 Å². The summed E-state index contributed by atoms with van der Waals surface area (Å²) in [5, 5.41) is 5.90. The Morgan fingerprint density at radius 3 is 2.45 bits per heavy atom. The van der Waals surface area contributed by atoms with Crippen LogP contribution in [0.15, 0.2) is 60.8 Å². The van der Waals surface area contributed by atoms with Crippen molar-refractivity contribution >= 4 is 29.1 Å². The number of ether oxygens (including phenoxy) is 2. The zero-order valence-corrected chi connectivity index (χ0v) is 16.4. The van der Waals surface area contributed by atoms with E-state index >= 15 is 0 Å². The number of para-hydroxylation sites is 1. The van der Waals surface area contributed by atoms with Gasteiger partial charge in [-0.3, -0.25) is 4.79 Å². The molecule has 0 unspecified atom stereocenters. The number of aromatic nitrogens is 1. The van der Waals surface area contributed by atoms with E-state index in [9.17, 15) is 9.59 Å². The number of carbonyl (C=O) groups excluding carboxylic acids is 2. The average molecular weight is 391 g/mol. The first-order chi connectivity index (χ1) is 14.0. The van der Waals surface area contributed by atoms with Gasteiger partial charge in [0.15, 0.2) is 0 Å². The SMILES string of the molecule is COC(=O)c1ccccc1NC(=O)c1ccc(Nc2cc(C)ccc2OC)nc1. The van der Waals surface area contributed by atoms with E-state index in [-0.39, 0.29) is 11.5 Å². The molecule has 0 atom stereocenters. The normalized spacial score (nSPS) is 10.2. The number of methoxy groups -OCH3 is 2. The molecular weight excluding hydrogens is 370 g/mol. The molecule has 1 aromatic heterocycles. The monoisotopic (exact) mass is 391 g/mol. The van der Waals surface area contributed by atoms with Crippen molar-refractivity contribution in [3.8, 4) is 5.75 Å². The summed E-state index contributed by atoms with van der Waals surface area (Å²) in [5.41, 5.74) is 2.86. The van der Waals surface area contributed by atoms with Gasteiger partial charge >= 0.3 is 5.97 Å². The first-order valence-electron chi connectivity index (χ1n) is 8.88. The Morgan fingerprint density at radius 1 is 0.966 bits per heavy atom. The number of hydrogen-bond acceptors (Lipinski definition) is 6. The predicted molar refractivity (Wildman–Crippen MR) is 111 cm³/mol. The second-order valence-corrected chi connectivity index (χ2v) is 6.25. The highest BCUT2D eigenvalue weighted by Crippen LogP contribution is 2.28. The highest BCUT2D eigenvalue weighted by Gasteiger charge is 2.14. The van der Waals surface area contributed by atoms with Crippen molar-refractivity contribution in [3.63, 3.8) is 0 Å². The molecular formula is C22H21N3O4. The van der Waals surface area contributed by atoms with E-state index in [4.69, 9.17) is 9.47 Å². The lowest BCUT2D eigenvalue weighted by atomic mass is 10.1. The van der Waals surface area contributed by atoms with Crippen LogP contribution in [0.4, 0.5) is 17.2 Å². The number of amides is 1. The van der Waals surface area contributed by atoms with Crippen molar-refractivity contribution in [3.05, 3.63) is 77.5 Å². The topological polar surface area (TPSA) is 89.5 Å². The number of benzene rings is 2.